The van der Waals surface area contributed by atoms with E-state index >= 15 is 0 Å². The van der Waals surface area contributed by atoms with Crippen LogP contribution in [0, 0.1) is 5.82 Å². The lowest BCUT2D eigenvalue weighted by Gasteiger charge is -2.18. The summed E-state index contributed by atoms with van der Waals surface area (Å²) in [6.45, 7) is 6.43. The van der Waals surface area contributed by atoms with Crippen LogP contribution in [0.25, 0.3) is 0 Å². The zero-order valence-electron chi connectivity index (χ0n) is 11.7. The minimum absolute atomic E-state index is 0.183. The second-order valence-electron chi connectivity index (χ2n) is 4.53. The molecule has 1 rings (SSSR count). The maximum atomic E-state index is 13.7. The van der Waals surface area contributed by atoms with Crippen molar-refractivity contribution in [3.05, 3.63) is 34.6 Å². The van der Waals surface area contributed by atoms with E-state index in [1.165, 1.54) is 6.07 Å². The van der Waals surface area contributed by atoms with Gasteiger partial charge in [-0.2, -0.15) is 0 Å². The smallest absolute Gasteiger partial charge is 0.126 e. The first-order valence-electron chi connectivity index (χ1n) is 6.92. The molecular weight excluding hydrogens is 265 g/mol. The summed E-state index contributed by atoms with van der Waals surface area (Å²) < 4.78 is 19.0. The van der Waals surface area contributed by atoms with Gasteiger partial charge in [0.25, 0.3) is 0 Å². The summed E-state index contributed by atoms with van der Waals surface area (Å²) >= 11 is 5.92. The first kappa shape index (κ1) is 16.4. The summed E-state index contributed by atoms with van der Waals surface area (Å²) in [6, 6.07) is 4.99. The van der Waals surface area contributed by atoms with Crippen molar-refractivity contribution < 1.29 is 9.13 Å². The van der Waals surface area contributed by atoms with Gasteiger partial charge in [0.15, 0.2) is 0 Å². The lowest BCUT2D eigenvalue weighted by molar-refractivity contribution is 0.140. The molecule has 0 bridgehead atoms. The van der Waals surface area contributed by atoms with Gasteiger partial charge in [0.05, 0.1) is 0 Å². The molecule has 0 amide bonds. The highest BCUT2D eigenvalue weighted by Gasteiger charge is 2.11. The number of halogens is 2. The molecule has 0 aliphatic heterocycles. The summed E-state index contributed by atoms with van der Waals surface area (Å²) in [7, 11) is 0. The number of hydrogen-bond acceptors (Lipinski definition) is 2. The lowest BCUT2D eigenvalue weighted by Crippen LogP contribution is -2.31. The van der Waals surface area contributed by atoms with Gasteiger partial charge in [0, 0.05) is 24.3 Å². The van der Waals surface area contributed by atoms with E-state index in [4.69, 9.17) is 16.3 Å². The van der Waals surface area contributed by atoms with Crippen LogP contribution in [0.5, 0.6) is 0 Å². The van der Waals surface area contributed by atoms with E-state index in [-0.39, 0.29) is 11.9 Å². The number of benzene rings is 1. The molecule has 0 heterocycles. The molecule has 0 saturated heterocycles. The zero-order chi connectivity index (χ0) is 14.1. The summed E-state index contributed by atoms with van der Waals surface area (Å²) in [5.74, 6) is -0.183. The van der Waals surface area contributed by atoms with Crippen LogP contribution in [0.15, 0.2) is 18.2 Å². The lowest BCUT2D eigenvalue weighted by atomic mass is 10.0. The van der Waals surface area contributed by atoms with Gasteiger partial charge < -0.3 is 10.1 Å². The predicted octanol–water partition coefficient (Wildman–Crippen LogP) is 3.82. The van der Waals surface area contributed by atoms with Crippen LogP contribution in [0.4, 0.5) is 4.39 Å². The number of nitrogens with one attached hydrogen (secondary N) is 1. The van der Waals surface area contributed by atoms with Crippen LogP contribution in [-0.2, 0) is 11.2 Å². The normalized spacial score (nSPS) is 12.6. The summed E-state index contributed by atoms with van der Waals surface area (Å²) in [6.07, 6.45) is 2.61. The Labute approximate surface area is 120 Å². The van der Waals surface area contributed by atoms with Gasteiger partial charge in [-0.1, -0.05) is 18.5 Å². The van der Waals surface area contributed by atoms with Gasteiger partial charge in [-0.15, -0.1) is 0 Å². The van der Waals surface area contributed by atoms with E-state index in [1.54, 1.807) is 12.1 Å². The average molecular weight is 288 g/mol. The fraction of sp³-hybridized carbons (Fsp3) is 0.600. The molecule has 2 nitrogen and oxygen atoms in total. The van der Waals surface area contributed by atoms with Crippen molar-refractivity contribution in [2.45, 2.75) is 39.2 Å². The molecule has 1 unspecified atom stereocenters. The third kappa shape index (κ3) is 6.37. The SMILES string of the molecule is CCNC(CCCOCC)Cc1cc(Cl)ccc1F. The fourth-order valence-corrected chi connectivity index (χ4v) is 2.30. The Hall–Kier alpha value is -0.640. The Kier molecular flexibility index (Phi) is 8.03. The van der Waals surface area contributed by atoms with Crippen molar-refractivity contribution in [3.63, 3.8) is 0 Å². The van der Waals surface area contributed by atoms with Crippen LogP contribution in [0.2, 0.25) is 5.02 Å². The summed E-state index contributed by atoms with van der Waals surface area (Å²) in [5, 5.41) is 3.97. The predicted molar refractivity (Wildman–Crippen MR) is 78.3 cm³/mol. The fourth-order valence-electron chi connectivity index (χ4n) is 2.11. The number of ether oxygens (including phenoxy) is 1. The van der Waals surface area contributed by atoms with Crippen LogP contribution in [0.3, 0.4) is 0 Å². The quantitative estimate of drug-likeness (QED) is 0.697. The van der Waals surface area contributed by atoms with Gasteiger partial charge >= 0.3 is 0 Å². The van der Waals surface area contributed by atoms with Crippen LogP contribution < -0.4 is 5.32 Å². The van der Waals surface area contributed by atoms with Gasteiger partial charge in [0.2, 0.25) is 0 Å². The van der Waals surface area contributed by atoms with Crippen LogP contribution in [0.1, 0.15) is 32.3 Å². The Morgan fingerprint density at radius 1 is 1.37 bits per heavy atom. The number of rotatable bonds is 9. The molecule has 1 aromatic rings. The molecule has 4 heteroatoms. The highest BCUT2D eigenvalue weighted by Crippen LogP contribution is 2.17. The van der Waals surface area contributed by atoms with Crippen molar-refractivity contribution >= 4 is 11.6 Å². The highest BCUT2D eigenvalue weighted by atomic mass is 35.5. The van der Waals surface area contributed by atoms with Crippen molar-refractivity contribution in [1.29, 1.82) is 0 Å². The molecule has 0 aromatic heterocycles. The zero-order valence-corrected chi connectivity index (χ0v) is 12.5. The van der Waals surface area contributed by atoms with Crippen molar-refractivity contribution in [1.82, 2.24) is 5.32 Å². The van der Waals surface area contributed by atoms with E-state index in [0.29, 0.717) is 17.0 Å². The van der Waals surface area contributed by atoms with Gasteiger partial charge in [-0.3, -0.25) is 0 Å². The van der Waals surface area contributed by atoms with E-state index in [2.05, 4.69) is 12.2 Å². The van der Waals surface area contributed by atoms with E-state index in [9.17, 15) is 4.39 Å². The first-order chi connectivity index (χ1) is 9.17. The van der Waals surface area contributed by atoms with Gasteiger partial charge in [0.1, 0.15) is 5.82 Å². The molecule has 1 aromatic carbocycles. The molecule has 0 aliphatic rings. The molecule has 0 fully saturated rings. The number of likely N-dealkylation sites (N-methyl/N-ethyl adjacent to an activating group) is 1. The Bertz CT molecular complexity index is 373. The molecule has 0 aliphatic carbocycles. The topological polar surface area (TPSA) is 21.3 Å². The highest BCUT2D eigenvalue weighted by molar-refractivity contribution is 6.30. The maximum absolute atomic E-state index is 13.7. The Balaban J connectivity index is 2.54. The second-order valence-corrected chi connectivity index (χ2v) is 4.97. The first-order valence-corrected chi connectivity index (χ1v) is 7.30. The third-order valence-electron chi connectivity index (χ3n) is 3.01. The molecule has 0 saturated carbocycles. The minimum Gasteiger partial charge on any atom is -0.382 e. The molecule has 108 valence electrons. The molecule has 19 heavy (non-hydrogen) atoms. The maximum Gasteiger partial charge on any atom is 0.126 e. The Morgan fingerprint density at radius 2 is 2.16 bits per heavy atom. The minimum atomic E-state index is -0.183. The molecular formula is C15H23ClFNO. The number of hydrogen-bond donors (Lipinski definition) is 1. The monoisotopic (exact) mass is 287 g/mol. The van der Waals surface area contributed by atoms with E-state index in [1.807, 2.05) is 6.92 Å². The average Bonchev–Trinajstić information content (AvgIpc) is 2.39. The third-order valence-corrected chi connectivity index (χ3v) is 3.25. The van der Waals surface area contributed by atoms with Crippen LogP contribution in [-0.4, -0.2) is 25.8 Å². The van der Waals surface area contributed by atoms with Crippen molar-refractivity contribution in [2.24, 2.45) is 0 Å². The second kappa shape index (κ2) is 9.29. The summed E-state index contributed by atoms with van der Waals surface area (Å²) in [5.41, 5.74) is 0.676. The van der Waals surface area contributed by atoms with Crippen LogP contribution >= 0.6 is 11.6 Å². The van der Waals surface area contributed by atoms with Gasteiger partial charge in [-0.25, -0.2) is 4.39 Å². The van der Waals surface area contributed by atoms with E-state index < -0.39 is 0 Å². The van der Waals surface area contributed by atoms with Crippen molar-refractivity contribution in [3.8, 4) is 0 Å². The van der Waals surface area contributed by atoms with E-state index in [0.717, 1.165) is 32.6 Å². The largest absolute Gasteiger partial charge is 0.382 e. The standard InChI is InChI=1S/C15H23ClFNO/c1-3-18-14(6-5-9-19-4-2)11-12-10-13(16)7-8-15(12)17/h7-8,10,14,18H,3-6,9,11H2,1-2H3. The van der Waals surface area contributed by atoms with Gasteiger partial charge in [-0.05, 0) is 56.5 Å². The Morgan fingerprint density at radius 3 is 2.84 bits per heavy atom. The molecule has 0 spiro atoms. The van der Waals surface area contributed by atoms with Crippen molar-refractivity contribution in [2.75, 3.05) is 19.8 Å². The molecule has 1 N–H and O–H groups in total. The molecule has 0 radical (unpaired) electrons. The molecule has 1 atom stereocenters. The summed E-state index contributed by atoms with van der Waals surface area (Å²) in [4.78, 5) is 0.